The maximum absolute atomic E-state index is 14.0. The van der Waals surface area contributed by atoms with Gasteiger partial charge in [-0.1, -0.05) is 27.7 Å². The van der Waals surface area contributed by atoms with Gasteiger partial charge in [0.15, 0.2) is 12.0 Å². The van der Waals surface area contributed by atoms with E-state index in [1.165, 1.54) is 0 Å². The maximum Gasteiger partial charge on any atom is 0.316 e. The van der Waals surface area contributed by atoms with Crippen molar-refractivity contribution in [2.75, 3.05) is 13.7 Å². The van der Waals surface area contributed by atoms with Crippen LogP contribution < -0.4 is 0 Å². The molecule has 8 atom stereocenters. The normalized spacial score (nSPS) is 31.7. The molecule has 0 aromatic carbocycles. The Morgan fingerprint density at radius 2 is 1.73 bits per heavy atom. The highest BCUT2D eigenvalue weighted by molar-refractivity contribution is 5.99. The quantitative estimate of drug-likeness (QED) is 0.215. The highest BCUT2D eigenvalue weighted by atomic mass is 16.6. The van der Waals surface area contributed by atoms with Crippen molar-refractivity contribution in [3.8, 4) is 11.3 Å². The number of aryl methyl sites for hydroxylation is 1. The third-order valence-corrected chi connectivity index (χ3v) is 9.66. The molecule has 10 heteroatoms. The van der Waals surface area contributed by atoms with Crippen LogP contribution in [-0.4, -0.2) is 74.5 Å². The first-order chi connectivity index (χ1) is 21.4. The van der Waals surface area contributed by atoms with Crippen molar-refractivity contribution in [3.63, 3.8) is 0 Å². The monoisotopic (exact) mass is 622 g/mol. The lowest BCUT2D eigenvalue weighted by Crippen LogP contribution is -2.50. The SMILES string of the molecule is C=C1OC2C(C(C)C(=O)[C@H](C)C[C@@](C)(OC)C[C@@H](C)C(=O)C(C)C(=O)O[C@@H]2CC)N1CCCCn1cnc(-c2cccnc2)c1. The Labute approximate surface area is 267 Å². The van der Waals surface area contributed by atoms with Crippen LogP contribution in [0.15, 0.2) is 49.5 Å². The second kappa shape index (κ2) is 14.7. The molecule has 0 radical (unpaired) electrons. The molecule has 2 aromatic heterocycles. The minimum Gasteiger partial charge on any atom is -0.470 e. The molecule has 45 heavy (non-hydrogen) atoms. The molecule has 246 valence electrons. The van der Waals surface area contributed by atoms with Crippen LogP contribution in [0.2, 0.25) is 0 Å². The first-order valence-electron chi connectivity index (χ1n) is 16.3. The summed E-state index contributed by atoms with van der Waals surface area (Å²) in [5.41, 5.74) is 1.14. The summed E-state index contributed by atoms with van der Waals surface area (Å²) in [6.45, 7) is 16.8. The summed E-state index contributed by atoms with van der Waals surface area (Å²) in [4.78, 5) is 51.4. The van der Waals surface area contributed by atoms with E-state index in [2.05, 4.69) is 26.0 Å². The minimum absolute atomic E-state index is 0.0866. The summed E-state index contributed by atoms with van der Waals surface area (Å²) >= 11 is 0. The number of methoxy groups -OCH3 is 1. The van der Waals surface area contributed by atoms with Crippen LogP contribution in [0.1, 0.15) is 73.6 Å². The number of aromatic nitrogens is 3. The summed E-state index contributed by atoms with van der Waals surface area (Å²) < 4.78 is 20.3. The van der Waals surface area contributed by atoms with Crippen molar-refractivity contribution in [1.29, 1.82) is 0 Å². The zero-order valence-corrected chi connectivity index (χ0v) is 27.9. The molecule has 0 bridgehead atoms. The number of ketones is 2. The smallest absolute Gasteiger partial charge is 0.316 e. The van der Waals surface area contributed by atoms with Gasteiger partial charge in [0.2, 0.25) is 0 Å². The lowest BCUT2D eigenvalue weighted by atomic mass is 9.77. The number of nitrogens with zero attached hydrogens (tertiary/aromatic N) is 4. The second-order valence-corrected chi connectivity index (χ2v) is 13.2. The summed E-state index contributed by atoms with van der Waals surface area (Å²) in [6.07, 6.45) is 9.20. The van der Waals surface area contributed by atoms with Crippen molar-refractivity contribution in [3.05, 3.63) is 49.5 Å². The number of carbonyl (C=O) groups excluding carboxylic acids is 3. The average Bonchev–Trinajstić information content (AvgIpc) is 3.64. The van der Waals surface area contributed by atoms with Crippen LogP contribution in [0.25, 0.3) is 11.3 Å². The molecule has 4 unspecified atom stereocenters. The van der Waals surface area contributed by atoms with Gasteiger partial charge in [-0.3, -0.25) is 19.4 Å². The van der Waals surface area contributed by atoms with E-state index in [9.17, 15) is 14.4 Å². The number of pyridine rings is 1. The number of ether oxygens (including phenoxy) is 3. The highest BCUT2D eigenvalue weighted by Crippen LogP contribution is 2.38. The number of esters is 1. The van der Waals surface area contributed by atoms with Crippen molar-refractivity contribution in [2.24, 2.45) is 23.7 Å². The number of hydrogen-bond acceptors (Lipinski definition) is 9. The molecule has 2 aliphatic rings. The predicted molar refractivity (Wildman–Crippen MR) is 171 cm³/mol. The van der Waals surface area contributed by atoms with E-state index in [1.807, 2.05) is 59.3 Å². The number of fused-ring (bicyclic) bond motifs is 1. The molecule has 4 rings (SSSR count). The van der Waals surface area contributed by atoms with Gasteiger partial charge in [-0.25, -0.2) is 4.98 Å². The standard InChI is InChI=1S/C35H50N4O6/c1-9-29-33-30(24(4)31(40)22(2)17-35(7,43-8)18-23(3)32(41)25(5)34(42)45-29)39(26(6)44-33)16-11-10-15-38-20-28(37-21-38)27-13-12-14-36-19-27/h12-14,19-25,29-30,33H,6,9-11,15-18H2,1-5,7-8H3/t22-,23-,24?,25?,29-,30?,33?,35-/m1/s1. The van der Waals surface area contributed by atoms with Gasteiger partial charge in [-0.2, -0.15) is 0 Å². The van der Waals surface area contributed by atoms with E-state index in [-0.39, 0.29) is 23.5 Å². The van der Waals surface area contributed by atoms with Gasteiger partial charge < -0.3 is 23.7 Å². The lowest BCUT2D eigenvalue weighted by Gasteiger charge is -2.37. The zero-order valence-electron chi connectivity index (χ0n) is 27.9. The second-order valence-electron chi connectivity index (χ2n) is 13.2. The zero-order chi connectivity index (χ0) is 32.9. The number of carbonyl (C=O) groups is 3. The van der Waals surface area contributed by atoms with Crippen molar-refractivity contribution >= 4 is 17.5 Å². The molecular formula is C35H50N4O6. The number of rotatable bonds is 8. The number of cyclic esters (lactones) is 1. The Bertz CT molecular complexity index is 1340. The van der Waals surface area contributed by atoms with Crippen molar-refractivity contribution < 1.29 is 28.6 Å². The third kappa shape index (κ3) is 7.83. The number of imidazole rings is 1. The first-order valence-corrected chi connectivity index (χ1v) is 16.3. The summed E-state index contributed by atoms with van der Waals surface area (Å²) in [7, 11) is 1.61. The molecule has 0 spiro atoms. The Morgan fingerprint density at radius 1 is 1.04 bits per heavy atom. The van der Waals surface area contributed by atoms with Crippen LogP contribution >= 0.6 is 0 Å². The molecule has 0 N–H and O–H groups in total. The molecule has 2 aromatic rings. The van der Waals surface area contributed by atoms with E-state index >= 15 is 0 Å². The topological polar surface area (TPSA) is 113 Å². The number of hydrogen-bond donors (Lipinski definition) is 0. The molecule has 2 saturated heterocycles. The van der Waals surface area contributed by atoms with Crippen LogP contribution in [0.3, 0.4) is 0 Å². The first kappa shape index (κ1) is 34.3. The third-order valence-electron chi connectivity index (χ3n) is 9.66. The fraction of sp³-hybridized carbons (Fsp3) is 0.629. The molecule has 10 nitrogen and oxygen atoms in total. The van der Waals surface area contributed by atoms with Crippen molar-refractivity contribution in [1.82, 2.24) is 19.4 Å². The Balaban J connectivity index is 1.53. The fourth-order valence-corrected chi connectivity index (χ4v) is 7.02. The van der Waals surface area contributed by atoms with Gasteiger partial charge >= 0.3 is 5.97 Å². The van der Waals surface area contributed by atoms with Gasteiger partial charge in [0.25, 0.3) is 0 Å². The largest absolute Gasteiger partial charge is 0.470 e. The number of unbranched alkanes of at least 4 members (excludes halogenated alkanes) is 1. The summed E-state index contributed by atoms with van der Waals surface area (Å²) in [5, 5.41) is 0. The van der Waals surface area contributed by atoms with Gasteiger partial charge in [0, 0.05) is 62.1 Å². The summed E-state index contributed by atoms with van der Waals surface area (Å²) in [6, 6.07) is 3.50. The lowest BCUT2D eigenvalue weighted by molar-refractivity contribution is -0.163. The van der Waals surface area contributed by atoms with Gasteiger partial charge in [0.1, 0.15) is 23.6 Å². The van der Waals surface area contributed by atoms with Gasteiger partial charge in [0.05, 0.1) is 23.7 Å². The summed E-state index contributed by atoms with van der Waals surface area (Å²) in [5.74, 6) is -2.30. The molecule has 2 fully saturated rings. The Morgan fingerprint density at radius 3 is 2.38 bits per heavy atom. The average molecular weight is 623 g/mol. The van der Waals surface area contributed by atoms with Crippen LogP contribution in [0.4, 0.5) is 0 Å². The Hall–Kier alpha value is -3.53. The van der Waals surface area contributed by atoms with Gasteiger partial charge in [-0.05, 0) is 64.7 Å². The van der Waals surface area contributed by atoms with Crippen LogP contribution in [0, 0.1) is 23.7 Å². The van der Waals surface area contributed by atoms with E-state index in [0.29, 0.717) is 31.7 Å². The molecular weight excluding hydrogens is 572 g/mol. The molecule has 2 aliphatic heterocycles. The van der Waals surface area contributed by atoms with Crippen LogP contribution in [-0.2, 0) is 35.1 Å². The molecule has 0 saturated carbocycles. The predicted octanol–water partition coefficient (Wildman–Crippen LogP) is 5.47. The molecule has 4 heterocycles. The van der Waals surface area contributed by atoms with E-state index < -0.39 is 41.5 Å². The highest BCUT2D eigenvalue weighted by Gasteiger charge is 2.49. The van der Waals surface area contributed by atoms with Crippen molar-refractivity contribution in [2.45, 2.75) is 104 Å². The number of Topliss-reactive ketones (excluding diaryl/α,β-unsaturated/α-hetero) is 2. The van der Waals surface area contributed by atoms with Gasteiger partial charge in [-0.15, -0.1) is 0 Å². The van der Waals surface area contributed by atoms with E-state index in [0.717, 1.165) is 30.6 Å². The van der Waals surface area contributed by atoms with Crippen LogP contribution in [0.5, 0.6) is 0 Å². The fourth-order valence-electron chi connectivity index (χ4n) is 7.02. The minimum atomic E-state index is -0.921. The Kier molecular flexibility index (Phi) is 11.2. The van der Waals surface area contributed by atoms with E-state index in [4.69, 9.17) is 14.2 Å². The van der Waals surface area contributed by atoms with E-state index in [1.54, 1.807) is 26.4 Å². The maximum atomic E-state index is 14.0. The molecule has 0 amide bonds. The molecule has 0 aliphatic carbocycles.